The summed E-state index contributed by atoms with van der Waals surface area (Å²) in [6.45, 7) is -0.127. The average molecular weight is 337 g/mol. The van der Waals surface area contributed by atoms with E-state index in [0.717, 1.165) is 0 Å². The summed E-state index contributed by atoms with van der Waals surface area (Å²) in [6.07, 6.45) is 0. The molecule has 0 radical (unpaired) electrons. The second-order valence-corrected chi connectivity index (χ2v) is 5.08. The SMILES string of the molecule is FC(F)(c1ccccc1)c1nc(COc2ccccc2Cl)no1. The molecule has 4 nitrogen and oxygen atoms in total. The quantitative estimate of drug-likeness (QED) is 0.691. The third-order valence-corrected chi connectivity index (χ3v) is 3.38. The Hall–Kier alpha value is -2.47. The van der Waals surface area contributed by atoms with Gasteiger partial charge in [-0.05, 0) is 12.1 Å². The molecule has 0 N–H and O–H groups in total. The maximum atomic E-state index is 14.3. The first-order valence-electron chi connectivity index (χ1n) is 6.71. The van der Waals surface area contributed by atoms with Crippen molar-refractivity contribution in [3.63, 3.8) is 0 Å². The van der Waals surface area contributed by atoms with Gasteiger partial charge in [-0.2, -0.15) is 13.8 Å². The van der Waals surface area contributed by atoms with Crippen LogP contribution >= 0.6 is 11.6 Å². The molecule has 0 aliphatic heterocycles. The zero-order valence-corrected chi connectivity index (χ0v) is 12.5. The predicted octanol–water partition coefficient (Wildman–Crippen LogP) is 4.44. The second kappa shape index (κ2) is 6.34. The average Bonchev–Trinajstić information content (AvgIpc) is 3.05. The van der Waals surface area contributed by atoms with Gasteiger partial charge in [0.2, 0.25) is 5.82 Å². The topological polar surface area (TPSA) is 48.2 Å². The van der Waals surface area contributed by atoms with E-state index in [2.05, 4.69) is 14.7 Å². The highest BCUT2D eigenvalue weighted by Crippen LogP contribution is 2.34. The van der Waals surface area contributed by atoms with Crippen molar-refractivity contribution in [2.24, 2.45) is 0 Å². The van der Waals surface area contributed by atoms with Gasteiger partial charge in [-0.1, -0.05) is 59.2 Å². The Morgan fingerprint density at radius 1 is 1.04 bits per heavy atom. The van der Waals surface area contributed by atoms with E-state index in [-0.39, 0.29) is 18.0 Å². The summed E-state index contributed by atoms with van der Waals surface area (Å²) >= 11 is 5.94. The molecule has 7 heteroatoms. The highest BCUT2D eigenvalue weighted by molar-refractivity contribution is 6.32. The van der Waals surface area contributed by atoms with E-state index < -0.39 is 11.8 Å². The van der Waals surface area contributed by atoms with E-state index in [1.165, 1.54) is 24.3 Å². The summed E-state index contributed by atoms with van der Waals surface area (Å²) in [6, 6.07) is 14.1. The third-order valence-electron chi connectivity index (χ3n) is 3.07. The first-order chi connectivity index (χ1) is 11.1. The number of aromatic nitrogens is 2. The normalized spacial score (nSPS) is 11.4. The largest absolute Gasteiger partial charge is 0.484 e. The fourth-order valence-corrected chi connectivity index (χ4v) is 2.11. The smallest absolute Gasteiger partial charge is 0.350 e. The fourth-order valence-electron chi connectivity index (χ4n) is 1.92. The van der Waals surface area contributed by atoms with E-state index in [9.17, 15) is 8.78 Å². The molecule has 23 heavy (non-hydrogen) atoms. The Morgan fingerprint density at radius 2 is 1.74 bits per heavy atom. The van der Waals surface area contributed by atoms with Crippen LogP contribution in [0.2, 0.25) is 5.02 Å². The van der Waals surface area contributed by atoms with Crippen molar-refractivity contribution in [1.82, 2.24) is 10.1 Å². The number of rotatable bonds is 5. The standard InChI is InChI=1S/C16H11ClF2N2O2/c17-12-8-4-5-9-13(12)22-10-14-20-15(23-21-14)16(18,19)11-6-2-1-3-7-11/h1-9H,10H2. The maximum absolute atomic E-state index is 14.3. The summed E-state index contributed by atoms with van der Waals surface area (Å²) in [7, 11) is 0. The van der Waals surface area contributed by atoms with Crippen molar-refractivity contribution in [3.8, 4) is 5.75 Å². The molecule has 0 unspecified atom stereocenters. The summed E-state index contributed by atoms with van der Waals surface area (Å²) in [4.78, 5) is 3.71. The van der Waals surface area contributed by atoms with Crippen LogP contribution in [-0.2, 0) is 12.5 Å². The number of nitrogens with zero attached hydrogens (tertiary/aromatic N) is 2. The van der Waals surface area contributed by atoms with Crippen LogP contribution in [0.25, 0.3) is 0 Å². The molecule has 0 aliphatic rings. The molecule has 1 aromatic heterocycles. The minimum absolute atomic E-state index is 0.00975. The third kappa shape index (κ3) is 3.32. The van der Waals surface area contributed by atoms with Crippen LogP contribution < -0.4 is 4.74 Å². The summed E-state index contributed by atoms with van der Waals surface area (Å²) in [5.74, 6) is -3.72. The fraction of sp³-hybridized carbons (Fsp3) is 0.125. The van der Waals surface area contributed by atoms with E-state index in [1.54, 1.807) is 30.3 Å². The molecule has 2 aromatic carbocycles. The maximum Gasteiger partial charge on any atom is 0.350 e. The molecular weight excluding hydrogens is 326 g/mol. The molecule has 3 rings (SSSR count). The lowest BCUT2D eigenvalue weighted by Crippen LogP contribution is -2.15. The van der Waals surface area contributed by atoms with E-state index in [4.69, 9.17) is 16.3 Å². The van der Waals surface area contributed by atoms with Crippen LogP contribution in [0.5, 0.6) is 5.75 Å². The lowest BCUT2D eigenvalue weighted by atomic mass is 10.1. The van der Waals surface area contributed by atoms with Crippen LogP contribution in [0.1, 0.15) is 17.3 Å². The molecule has 1 heterocycles. The monoisotopic (exact) mass is 336 g/mol. The Bertz CT molecular complexity index is 794. The van der Waals surface area contributed by atoms with Gasteiger partial charge < -0.3 is 9.26 Å². The van der Waals surface area contributed by atoms with Gasteiger partial charge in [-0.3, -0.25) is 0 Å². The number of hydrogen-bond acceptors (Lipinski definition) is 4. The highest BCUT2D eigenvalue weighted by Gasteiger charge is 2.40. The van der Waals surface area contributed by atoms with E-state index in [0.29, 0.717) is 10.8 Å². The molecule has 0 bridgehead atoms. The molecule has 0 fully saturated rings. The van der Waals surface area contributed by atoms with Gasteiger partial charge in [0.05, 0.1) is 5.02 Å². The molecule has 3 aromatic rings. The van der Waals surface area contributed by atoms with E-state index >= 15 is 0 Å². The van der Waals surface area contributed by atoms with Crippen molar-refractivity contribution in [1.29, 1.82) is 0 Å². The van der Waals surface area contributed by atoms with Gasteiger partial charge in [0.1, 0.15) is 5.75 Å². The lowest BCUT2D eigenvalue weighted by molar-refractivity contribution is 0.00761. The van der Waals surface area contributed by atoms with Crippen molar-refractivity contribution in [2.75, 3.05) is 0 Å². The van der Waals surface area contributed by atoms with Crippen LogP contribution in [0, 0.1) is 0 Å². The molecule has 0 aliphatic carbocycles. The molecule has 0 spiro atoms. The lowest BCUT2D eigenvalue weighted by Gasteiger charge is -2.11. The minimum atomic E-state index is -3.36. The first kappa shape index (κ1) is 15.4. The summed E-state index contributed by atoms with van der Waals surface area (Å²) in [5, 5.41) is 3.93. The molecule has 0 atom stereocenters. The molecule has 0 saturated heterocycles. The summed E-state index contributed by atoms with van der Waals surface area (Å²) in [5.41, 5.74) is -0.220. The second-order valence-electron chi connectivity index (χ2n) is 4.68. The van der Waals surface area contributed by atoms with Crippen molar-refractivity contribution >= 4 is 11.6 Å². The van der Waals surface area contributed by atoms with Gasteiger partial charge in [-0.25, -0.2) is 0 Å². The van der Waals surface area contributed by atoms with E-state index in [1.807, 2.05) is 0 Å². The molecular formula is C16H11ClF2N2O2. The number of halogens is 3. The minimum Gasteiger partial charge on any atom is -0.484 e. The molecule has 0 saturated carbocycles. The number of ether oxygens (including phenoxy) is 1. The zero-order valence-electron chi connectivity index (χ0n) is 11.7. The van der Waals surface area contributed by atoms with Gasteiger partial charge in [-0.15, -0.1) is 0 Å². The number of hydrogen-bond donors (Lipinski definition) is 0. The van der Waals surface area contributed by atoms with Gasteiger partial charge in [0, 0.05) is 5.56 Å². The van der Waals surface area contributed by atoms with Gasteiger partial charge in [0.25, 0.3) is 0 Å². The Morgan fingerprint density at radius 3 is 2.48 bits per heavy atom. The van der Waals surface area contributed by atoms with Crippen LogP contribution in [-0.4, -0.2) is 10.1 Å². The van der Waals surface area contributed by atoms with Crippen LogP contribution in [0.15, 0.2) is 59.1 Å². The van der Waals surface area contributed by atoms with Crippen LogP contribution in [0.3, 0.4) is 0 Å². The van der Waals surface area contributed by atoms with Gasteiger partial charge in [0.15, 0.2) is 6.61 Å². The highest BCUT2D eigenvalue weighted by atomic mass is 35.5. The van der Waals surface area contributed by atoms with Crippen molar-refractivity contribution < 1.29 is 18.0 Å². The first-order valence-corrected chi connectivity index (χ1v) is 7.09. The molecule has 118 valence electrons. The molecule has 0 amide bonds. The van der Waals surface area contributed by atoms with Crippen molar-refractivity contribution in [2.45, 2.75) is 12.5 Å². The Kier molecular flexibility index (Phi) is 4.25. The number of alkyl halides is 2. The Balaban J connectivity index is 1.74. The van der Waals surface area contributed by atoms with Crippen LogP contribution in [0.4, 0.5) is 8.78 Å². The summed E-state index contributed by atoms with van der Waals surface area (Å²) < 4.78 is 38.6. The predicted molar refractivity (Wildman–Crippen MR) is 79.5 cm³/mol. The zero-order chi connectivity index (χ0) is 16.3. The number of para-hydroxylation sites is 1. The number of benzene rings is 2. The van der Waals surface area contributed by atoms with Crippen molar-refractivity contribution in [3.05, 3.63) is 76.9 Å². The van der Waals surface area contributed by atoms with Gasteiger partial charge >= 0.3 is 11.8 Å². The Labute approximate surface area is 135 Å².